The van der Waals surface area contributed by atoms with E-state index in [1.807, 2.05) is 0 Å². The van der Waals surface area contributed by atoms with Gasteiger partial charge in [-0.05, 0) is 266 Å². The van der Waals surface area contributed by atoms with E-state index in [1.54, 1.807) is 0 Å². The van der Waals surface area contributed by atoms with Crippen molar-refractivity contribution in [3.8, 4) is 22.3 Å². The van der Waals surface area contributed by atoms with Gasteiger partial charge in [0, 0.05) is 50.7 Å². The number of fused-ring (bicyclic) bond motifs is 8. The molecular weight excluding hydrogens is 1050 g/mol. The number of rotatable bonds is 11. The number of anilines is 8. The summed E-state index contributed by atoms with van der Waals surface area (Å²) in [5, 5.41) is 0. The zero-order chi connectivity index (χ0) is 61.2. The number of hydrogen-bond donors (Lipinski definition) is 0. The van der Waals surface area contributed by atoms with Crippen molar-refractivity contribution in [3.63, 3.8) is 0 Å². The zero-order valence-electron chi connectivity index (χ0n) is 53.7. The highest BCUT2D eigenvalue weighted by Crippen LogP contribution is 2.59. The molecule has 1 atom stereocenters. The van der Waals surface area contributed by atoms with Crippen LogP contribution in [-0.2, 0) is 16.2 Å². The maximum atomic E-state index is 5.32. The summed E-state index contributed by atoms with van der Waals surface area (Å²) in [5.41, 5.74) is 36.9. The van der Waals surface area contributed by atoms with Gasteiger partial charge >= 0.3 is 0 Å². The lowest BCUT2D eigenvalue weighted by atomic mass is 9.62. The van der Waals surface area contributed by atoms with Gasteiger partial charge in [0.15, 0.2) is 0 Å². The third-order valence-electron chi connectivity index (χ3n) is 20.7. The van der Waals surface area contributed by atoms with Crippen LogP contribution in [0, 0.1) is 69.2 Å². The van der Waals surface area contributed by atoms with Gasteiger partial charge in [-0.1, -0.05) is 173 Å². The van der Waals surface area contributed by atoms with Gasteiger partial charge in [-0.15, -0.1) is 0 Å². The fraction of sp³-hybridized carbons (Fsp3) is 0.214. The molecule has 0 radical (unpaired) electrons. The van der Waals surface area contributed by atoms with Crippen LogP contribution in [0.2, 0.25) is 0 Å². The van der Waals surface area contributed by atoms with Crippen LogP contribution < -0.4 is 14.7 Å². The number of hydrogen-bond acceptors (Lipinski definition) is 3. The molecule has 2 aliphatic carbocycles. The smallest absolute Gasteiger partial charge is 0.0736 e. The minimum Gasteiger partial charge on any atom is -0.311 e. The van der Waals surface area contributed by atoms with Gasteiger partial charge in [0.25, 0.3) is 0 Å². The van der Waals surface area contributed by atoms with Crippen LogP contribution >= 0.6 is 0 Å². The summed E-state index contributed by atoms with van der Waals surface area (Å²) in [6, 6.07) is 71.6. The third kappa shape index (κ3) is 8.74. The number of nitrogens with zero attached hydrogens (tertiary/aromatic N) is 3. The number of para-hydroxylation sites is 1. The lowest BCUT2D eigenvalue weighted by molar-refractivity contribution is 0.660. The van der Waals surface area contributed by atoms with Gasteiger partial charge in [-0.25, -0.2) is 0 Å². The van der Waals surface area contributed by atoms with E-state index < -0.39 is 5.41 Å². The van der Waals surface area contributed by atoms with Crippen LogP contribution in [-0.4, -0.2) is 0 Å². The molecule has 13 rings (SSSR count). The van der Waals surface area contributed by atoms with Crippen LogP contribution in [0.3, 0.4) is 0 Å². The Balaban J connectivity index is 1.02. The van der Waals surface area contributed by atoms with Gasteiger partial charge in [-0.3, -0.25) is 0 Å². The summed E-state index contributed by atoms with van der Waals surface area (Å²) in [5.74, 6) is 0. The molecule has 10 aromatic rings. The van der Waals surface area contributed by atoms with Gasteiger partial charge in [0.05, 0.1) is 16.8 Å². The van der Waals surface area contributed by atoms with E-state index in [0.717, 1.165) is 51.0 Å². The van der Waals surface area contributed by atoms with Gasteiger partial charge in [0.1, 0.15) is 0 Å². The van der Waals surface area contributed by atoms with Gasteiger partial charge in [0.2, 0.25) is 0 Å². The van der Waals surface area contributed by atoms with Crippen LogP contribution in [0.5, 0.6) is 0 Å². The second-order valence-electron chi connectivity index (χ2n) is 26.2. The lowest BCUT2D eigenvalue weighted by Gasteiger charge is -2.47. The average molecular weight is 1130 g/mol. The molecule has 0 spiro atoms. The first kappa shape index (κ1) is 56.9. The van der Waals surface area contributed by atoms with Crippen molar-refractivity contribution in [3.05, 3.63) is 319 Å². The quantitative estimate of drug-likeness (QED) is 0.120. The first-order valence-electron chi connectivity index (χ1n) is 31.1. The molecule has 3 aliphatic rings. The molecule has 1 unspecified atom stereocenters. The first-order valence-corrected chi connectivity index (χ1v) is 31.1. The molecule has 0 saturated carbocycles. The molecule has 3 heteroatoms. The Morgan fingerprint density at radius 2 is 0.885 bits per heavy atom. The van der Waals surface area contributed by atoms with E-state index >= 15 is 0 Å². The van der Waals surface area contributed by atoms with E-state index in [-0.39, 0.29) is 10.8 Å². The lowest BCUT2D eigenvalue weighted by Crippen LogP contribution is -2.38. The van der Waals surface area contributed by atoms with Crippen molar-refractivity contribution in [2.24, 2.45) is 0 Å². The first-order chi connectivity index (χ1) is 41.7. The molecule has 1 heterocycles. The van der Waals surface area contributed by atoms with E-state index in [9.17, 15) is 0 Å². The number of allylic oxidation sites excluding steroid dienone is 4. The van der Waals surface area contributed by atoms with E-state index in [2.05, 4.69) is 325 Å². The minimum absolute atomic E-state index is 0.163. The minimum atomic E-state index is -0.852. The van der Waals surface area contributed by atoms with Crippen LogP contribution in [0.15, 0.2) is 224 Å². The Hall–Kier alpha value is -9.18. The van der Waals surface area contributed by atoms with Crippen molar-refractivity contribution in [2.75, 3.05) is 14.7 Å². The summed E-state index contributed by atoms with van der Waals surface area (Å²) in [6.45, 7) is 39.6. The maximum Gasteiger partial charge on any atom is 0.0736 e. The number of aryl methyl sites for hydroxylation is 4. The summed E-state index contributed by atoms with van der Waals surface area (Å²) < 4.78 is 0. The molecule has 1 aliphatic heterocycles. The molecule has 10 aromatic carbocycles. The predicted octanol–water partition coefficient (Wildman–Crippen LogP) is 22.8. The summed E-state index contributed by atoms with van der Waals surface area (Å²) in [4.78, 5) is 7.47. The molecule has 0 fully saturated rings. The largest absolute Gasteiger partial charge is 0.311 e. The Bertz CT molecular complexity index is 4540. The Morgan fingerprint density at radius 1 is 0.402 bits per heavy atom. The standard InChI is InChI=1S/C84H81N3/c1-17-63(85(80-47-53(4)56(7)58(9)60(80)11)66-41-43-70-68-24-18-20-26-72(68)82(13,14)75(70)49-66)38-33-55(6)84(74-28-22-23-29-78(74)87(65-36-30-51(2)31-37-65)79-45-32-52(3)46-77(79)84)62-34-39-64(40-35-62)86(81-48-54(5)57(8)59(10)61(81)12)67-42-44-71-69-25-19-21-27-73(69)83(15,16)76(71)50-67/h17-50H,6H2,1-5,7-16H3/b38-33-,63-17+. The van der Waals surface area contributed by atoms with Crippen LogP contribution in [0.25, 0.3) is 22.3 Å². The fourth-order valence-electron chi connectivity index (χ4n) is 15.1. The highest BCUT2D eigenvalue weighted by Gasteiger charge is 2.47. The highest BCUT2D eigenvalue weighted by atomic mass is 15.2. The van der Waals surface area contributed by atoms with Crippen molar-refractivity contribution < 1.29 is 0 Å². The van der Waals surface area contributed by atoms with E-state index in [1.165, 1.54) is 123 Å². The van der Waals surface area contributed by atoms with Gasteiger partial charge in [-0.2, -0.15) is 0 Å². The predicted molar refractivity (Wildman–Crippen MR) is 372 cm³/mol. The molecule has 0 saturated heterocycles. The van der Waals surface area contributed by atoms with Crippen LogP contribution in [0.4, 0.5) is 45.5 Å². The Labute approximate surface area is 518 Å². The second-order valence-corrected chi connectivity index (χ2v) is 26.2. The fourth-order valence-corrected chi connectivity index (χ4v) is 15.1. The second kappa shape index (κ2) is 21.1. The molecule has 0 amide bonds. The van der Waals surface area contributed by atoms with E-state index in [0.29, 0.717) is 0 Å². The van der Waals surface area contributed by atoms with Crippen molar-refractivity contribution in [1.82, 2.24) is 0 Å². The molecule has 0 aromatic heterocycles. The summed E-state index contributed by atoms with van der Waals surface area (Å²) in [6.07, 6.45) is 6.94. The normalized spacial score (nSPS) is 15.8. The molecular formula is C84H81N3. The Kier molecular flexibility index (Phi) is 13.8. The van der Waals surface area contributed by atoms with Gasteiger partial charge < -0.3 is 14.7 Å². The average Bonchev–Trinajstić information content (AvgIpc) is 1.53. The molecule has 3 nitrogen and oxygen atoms in total. The van der Waals surface area contributed by atoms with E-state index in [4.69, 9.17) is 6.58 Å². The molecule has 432 valence electrons. The molecule has 0 bridgehead atoms. The molecule has 87 heavy (non-hydrogen) atoms. The maximum absolute atomic E-state index is 5.32. The highest BCUT2D eigenvalue weighted by molar-refractivity contribution is 5.92. The third-order valence-corrected chi connectivity index (χ3v) is 20.7. The summed E-state index contributed by atoms with van der Waals surface area (Å²) >= 11 is 0. The van der Waals surface area contributed by atoms with Crippen molar-refractivity contribution >= 4 is 45.5 Å². The zero-order valence-corrected chi connectivity index (χ0v) is 53.7. The molecule has 0 N–H and O–H groups in total. The van der Waals surface area contributed by atoms with Crippen molar-refractivity contribution in [2.45, 2.75) is 120 Å². The SMILES string of the molecule is C=C(/C=C\C(=C/C)N(c1ccc2c(c1)C(C)(C)c1ccccc1-2)c1cc(C)c(C)c(C)c1C)C1(c2ccc(N(c3ccc4c(c3)C(C)(C)c3ccccc3-4)c3cc(C)c(C)c(C)c3C)cc2)c2ccccc2N(c2ccc(C)cc2)c2ccc(C)cc21. The van der Waals surface area contributed by atoms with Crippen molar-refractivity contribution in [1.29, 1.82) is 0 Å². The summed E-state index contributed by atoms with van der Waals surface area (Å²) in [7, 11) is 0. The number of benzene rings is 10. The Morgan fingerprint density at radius 3 is 1.48 bits per heavy atom. The topological polar surface area (TPSA) is 9.72 Å². The van der Waals surface area contributed by atoms with Crippen LogP contribution in [0.1, 0.15) is 129 Å². The monoisotopic (exact) mass is 1130 g/mol.